The van der Waals surface area contributed by atoms with Crippen LogP contribution in [0.1, 0.15) is 71.4 Å². The van der Waals surface area contributed by atoms with Gasteiger partial charge in [-0.2, -0.15) is 5.10 Å². The van der Waals surface area contributed by atoms with Gasteiger partial charge in [0, 0.05) is 19.8 Å². The Morgan fingerprint density at radius 3 is 2.61 bits per heavy atom. The third-order valence-corrected chi connectivity index (χ3v) is 5.16. The standard InChI is InChI=1S/C23H31N5O5/c1-23(2,3)33-22(31)27(4)14-16-10-9-15(12-24-16)20(29)25-13-17-19(21(30)32-5)18-8-6-7-11-28(18)26-17/h9-10,12H,6-8,11,13-14H2,1-5H3,(H,25,29). The number of fused-ring (bicyclic) bond motifs is 1. The molecule has 0 unspecified atom stereocenters. The number of carbonyl (C=O) groups is 3. The Labute approximate surface area is 193 Å². The number of carbonyl (C=O) groups excluding carboxylic acids is 3. The van der Waals surface area contributed by atoms with Gasteiger partial charge < -0.3 is 19.7 Å². The quantitative estimate of drug-likeness (QED) is 0.663. The average molecular weight is 458 g/mol. The van der Waals surface area contributed by atoms with Gasteiger partial charge in [0.05, 0.1) is 42.8 Å². The summed E-state index contributed by atoms with van der Waals surface area (Å²) in [6, 6.07) is 3.32. The van der Waals surface area contributed by atoms with E-state index in [0.717, 1.165) is 31.5 Å². The normalized spacial score (nSPS) is 13.1. The van der Waals surface area contributed by atoms with Crippen LogP contribution in [-0.2, 0) is 35.5 Å². The van der Waals surface area contributed by atoms with Gasteiger partial charge in [-0.25, -0.2) is 9.59 Å². The maximum Gasteiger partial charge on any atom is 0.410 e. The van der Waals surface area contributed by atoms with Crippen LogP contribution < -0.4 is 5.32 Å². The number of nitrogens with zero attached hydrogens (tertiary/aromatic N) is 4. The molecule has 0 spiro atoms. The molecule has 2 aromatic rings. The Balaban J connectivity index is 1.62. The van der Waals surface area contributed by atoms with E-state index >= 15 is 0 Å². The third-order valence-electron chi connectivity index (χ3n) is 5.16. The first-order valence-electron chi connectivity index (χ1n) is 10.9. The lowest BCUT2D eigenvalue weighted by Gasteiger charge is -2.24. The molecule has 33 heavy (non-hydrogen) atoms. The maximum absolute atomic E-state index is 12.6. The molecule has 10 heteroatoms. The van der Waals surface area contributed by atoms with Crippen LogP contribution in [0, 0.1) is 0 Å². The SMILES string of the molecule is COC(=O)c1c(CNC(=O)c2ccc(CN(C)C(=O)OC(C)(C)C)nc2)nn2c1CCCC2. The van der Waals surface area contributed by atoms with Gasteiger partial charge >= 0.3 is 12.1 Å². The number of pyridine rings is 1. The van der Waals surface area contributed by atoms with Crippen molar-refractivity contribution in [1.82, 2.24) is 25.0 Å². The summed E-state index contributed by atoms with van der Waals surface area (Å²) in [5, 5.41) is 7.31. The van der Waals surface area contributed by atoms with Crippen molar-refractivity contribution >= 4 is 18.0 Å². The fourth-order valence-electron chi connectivity index (χ4n) is 3.57. The molecule has 3 rings (SSSR count). The summed E-state index contributed by atoms with van der Waals surface area (Å²) in [4.78, 5) is 42.7. The molecule has 3 heterocycles. The molecule has 0 atom stereocenters. The van der Waals surface area contributed by atoms with Crippen LogP contribution in [0.3, 0.4) is 0 Å². The first-order valence-corrected chi connectivity index (χ1v) is 10.9. The highest BCUT2D eigenvalue weighted by molar-refractivity contribution is 5.94. The Morgan fingerprint density at radius 2 is 1.97 bits per heavy atom. The second-order valence-corrected chi connectivity index (χ2v) is 9.00. The summed E-state index contributed by atoms with van der Waals surface area (Å²) in [6.45, 7) is 6.51. The smallest absolute Gasteiger partial charge is 0.410 e. The minimum Gasteiger partial charge on any atom is -0.465 e. The summed E-state index contributed by atoms with van der Waals surface area (Å²) in [5.74, 6) is -0.779. The van der Waals surface area contributed by atoms with Gasteiger partial charge in [-0.05, 0) is 52.2 Å². The van der Waals surface area contributed by atoms with Crippen molar-refractivity contribution in [3.8, 4) is 0 Å². The number of esters is 1. The summed E-state index contributed by atoms with van der Waals surface area (Å²) in [5.41, 5.74) is 2.20. The topological polar surface area (TPSA) is 116 Å². The zero-order valence-electron chi connectivity index (χ0n) is 19.8. The Hall–Kier alpha value is -3.43. The molecule has 0 aliphatic carbocycles. The molecular formula is C23H31N5O5. The zero-order chi connectivity index (χ0) is 24.2. The van der Waals surface area contributed by atoms with E-state index in [9.17, 15) is 14.4 Å². The van der Waals surface area contributed by atoms with E-state index in [1.54, 1.807) is 40.0 Å². The van der Waals surface area contributed by atoms with E-state index < -0.39 is 17.7 Å². The Kier molecular flexibility index (Phi) is 7.35. The monoisotopic (exact) mass is 457 g/mol. The van der Waals surface area contributed by atoms with Crippen LogP contribution in [-0.4, -0.2) is 57.4 Å². The van der Waals surface area contributed by atoms with Crippen LogP contribution in [0.25, 0.3) is 0 Å². The number of nitrogens with one attached hydrogen (secondary N) is 1. The number of aromatic nitrogens is 3. The third kappa shape index (κ3) is 6.09. The number of methoxy groups -OCH3 is 1. The molecule has 1 aliphatic heterocycles. The zero-order valence-corrected chi connectivity index (χ0v) is 19.8. The van der Waals surface area contributed by atoms with Gasteiger partial charge in [0.25, 0.3) is 5.91 Å². The molecule has 0 fully saturated rings. The number of aryl methyl sites for hydroxylation is 1. The van der Waals surface area contributed by atoms with Gasteiger partial charge in [-0.3, -0.25) is 14.5 Å². The molecule has 0 aromatic carbocycles. The van der Waals surface area contributed by atoms with E-state index in [4.69, 9.17) is 9.47 Å². The lowest BCUT2D eigenvalue weighted by atomic mass is 10.0. The molecule has 1 N–H and O–H groups in total. The number of amides is 2. The fourth-order valence-corrected chi connectivity index (χ4v) is 3.57. The highest BCUT2D eigenvalue weighted by Crippen LogP contribution is 2.22. The highest BCUT2D eigenvalue weighted by atomic mass is 16.6. The summed E-state index contributed by atoms with van der Waals surface area (Å²) < 4.78 is 12.1. The van der Waals surface area contributed by atoms with Crippen LogP contribution in [0.5, 0.6) is 0 Å². The van der Waals surface area contributed by atoms with Gasteiger partial charge in [0.1, 0.15) is 11.2 Å². The number of ether oxygens (including phenoxy) is 2. The molecule has 0 saturated carbocycles. The maximum atomic E-state index is 12.6. The van der Waals surface area contributed by atoms with Gasteiger partial charge in [0.2, 0.25) is 0 Å². The van der Waals surface area contributed by atoms with E-state index in [1.807, 2.05) is 4.68 Å². The first kappa shape index (κ1) is 24.2. The average Bonchev–Trinajstić information content (AvgIpc) is 3.14. The van der Waals surface area contributed by atoms with Crippen molar-refractivity contribution in [2.75, 3.05) is 14.2 Å². The summed E-state index contributed by atoms with van der Waals surface area (Å²) >= 11 is 0. The Bertz CT molecular complexity index is 1020. The first-order chi connectivity index (χ1) is 15.6. The molecule has 0 saturated heterocycles. The Morgan fingerprint density at radius 1 is 1.21 bits per heavy atom. The van der Waals surface area contributed by atoms with Crippen LogP contribution in [0.2, 0.25) is 0 Å². The summed E-state index contributed by atoms with van der Waals surface area (Å²) in [6.07, 6.45) is 3.75. The van der Waals surface area contributed by atoms with E-state index in [0.29, 0.717) is 22.5 Å². The van der Waals surface area contributed by atoms with Crippen molar-refractivity contribution in [3.05, 3.63) is 46.5 Å². The van der Waals surface area contributed by atoms with Crippen LogP contribution >= 0.6 is 0 Å². The number of rotatable bonds is 6. The largest absolute Gasteiger partial charge is 0.465 e. The molecule has 10 nitrogen and oxygen atoms in total. The van der Waals surface area contributed by atoms with Gasteiger partial charge in [-0.1, -0.05) is 0 Å². The van der Waals surface area contributed by atoms with E-state index in [-0.39, 0.29) is 19.0 Å². The van der Waals surface area contributed by atoms with Crippen molar-refractivity contribution in [2.45, 2.75) is 65.3 Å². The summed E-state index contributed by atoms with van der Waals surface area (Å²) in [7, 11) is 2.96. The molecule has 178 valence electrons. The number of hydrogen-bond donors (Lipinski definition) is 1. The van der Waals surface area contributed by atoms with Crippen molar-refractivity contribution in [2.24, 2.45) is 0 Å². The van der Waals surface area contributed by atoms with Crippen LogP contribution in [0.4, 0.5) is 4.79 Å². The minimum absolute atomic E-state index is 0.104. The molecule has 2 amide bonds. The molecule has 2 aromatic heterocycles. The lowest BCUT2D eigenvalue weighted by Crippen LogP contribution is -2.34. The minimum atomic E-state index is -0.581. The molecule has 1 aliphatic rings. The van der Waals surface area contributed by atoms with E-state index in [2.05, 4.69) is 15.4 Å². The van der Waals surface area contributed by atoms with Crippen molar-refractivity contribution in [1.29, 1.82) is 0 Å². The van der Waals surface area contributed by atoms with Crippen molar-refractivity contribution < 1.29 is 23.9 Å². The molecule has 0 bridgehead atoms. The molecule has 0 radical (unpaired) electrons. The second kappa shape index (κ2) is 10.0. The lowest BCUT2D eigenvalue weighted by molar-refractivity contribution is 0.0282. The predicted molar refractivity (Wildman–Crippen MR) is 120 cm³/mol. The van der Waals surface area contributed by atoms with Gasteiger partial charge in [-0.15, -0.1) is 0 Å². The van der Waals surface area contributed by atoms with Gasteiger partial charge in [0.15, 0.2) is 0 Å². The molecular weight excluding hydrogens is 426 g/mol. The predicted octanol–water partition coefficient (Wildman–Crippen LogP) is 2.70. The second-order valence-electron chi connectivity index (χ2n) is 9.00. The fraction of sp³-hybridized carbons (Fsp3) is 0.522. The van der Waals surface area contributed by atoms with Crippen LogP contribution in [0.15, 0.2) is 18.3 Å². The number of hydrogen-bond acceptors (Lipinski definition) is 7. The van der Waals surface area contributed by atoms with Crippen molar-refractivity contribution in [3.63, 3.8) is 0 Å². The highest BCUT2D eigenvalue weighted by Gasteiger charge is 2.26. The van der Waals surface area contributed by atoms with E-state index in [1.165, 1.54) is 18.2 Å².